The monoisotopic (exact) mass is 877 g/mol. The van der Waals surface area contributed by atoms with E-state index >= 15 is 35.1 Å². The van der Waals surface area contributed by atoms with Gasteiger partial charge in [0, 0.05) is 17.7 Å². The Morgan fingerprint density at radius 2 is 0.655 bits per heavy atom. The standard InChI is InChI=1S/C24BF20.C9H12NO2S/c26-5-1(6(27)14(35)21(42)13(5)34)25(2-7(28)15(36)22(43)16(37)8(2)29,3-9(30)17(38)23(44)18(39)10(3)31)4-11(32)19(40)24(45)20(41)12(4)33;1-13(2)7-8-4-3-5-9(6-8)10(11)12/h;3-6H,7H2,1-2H3/q-1;+1. The van der Waals surface area contributed by atoms with Gasteiger partial charge in [-0.2, -0.15) is 0 Å². The minimum Gasteiger partial charge on any atom is -0.258 e. The molecule has 0 heterocycles. The van der Waals surface area contributed by atoms with Crippen LogP contribution in [0.3, 0.4) is 0 Å². The Bertz CT molecular complexity index is 2140. The van der Waals surface area contributed by atoms with Gasteiger partial charge in [-0.25, -0.2) is 87.8 Å². The highest BCUT2D eigenvalue weighted by Gasteiger charge is 2.52. The quantitative estimate of drug-likeness (QED) is 0.0319. The van der Waals surface area contributed by atoms with Gasteiger partial charge in [-0.3, -0.25) is 10.1 Å². The SMILES string of the molecule is C[S+](C)Cc1cccc([N+](=O)[O-])c1.Fc1c(F)c(F)c([B-](c2c(F)c(F)c(F)c(F)c2F)(c2c(F)c(F)c(F)c(F)c2F)c2c(F)c(F)c(F)c(F)c2F)c(F)c1F. The van der Waals surface area contributed by atoms with E-state index in [1.807, 2.05) is 6.07 Å². The molecular formula is C33H12BF20NO2S. The van der Waals surface area contributed by atoms with Crippen LogP contribution in [-0.4, -0.2) is 23.6 Å². The topological polar surface area (TPSA) is 43.1 Å². The molecule has 0 bridgehead atoms. The molecule has 0 amide bonds. The Morgan fingerprint density at radius 3 is 0.862 bits per heavy atom. The number of halogens is 20. The zero-order chi connectivity index (χ0) is 44.2. The van der Waals surface area contributed by atoms with Gasteiger partial charge in [-0.05, 0) is 10.9 Å². The molecule has 5 aromatic rings. The van der Waals surface area contributed by atoms with E-state index in [-0.39, 0.29) is 21.5 Å². The second-order valence-electron chi connectivity index (χ2n) is 11.9. The van der Waals surface area contributed by atoms with Gasteiger partial charge in [-0.1, -0.05) is 12.1 Å². The van der Waals surface area contributed by atoms with Crippen LogP contribution in [0.4, 0.5) is 93.5 Å². The molecule has 0 radical (unpaired) electrons. The van der Waals surface area contributed by atoms with E-state index in [1.165, 1.54) is 6.07 Å². The van der Waals surface area contributed by atoms with E-state index < -0.39 is 144 Å². The molecule has 0 unspecified atom stereocenters. The van der Waals surface area contributed by atoms with E-state index in [0.717, 1.165) is 11.3 Å². The Morgan fingerprint density at radius 1 is 0.431 bits per heavy atom. The average Bonchev–Trinajstić information content (AvgIpc) is 3.17. The summed E-state index contributed by atoms with van der Waals surface area (Å²) in [7, 11) is 0.289. The maximum Gasteiger partial charge on any atom is 0.269 e. The number of rotatable bonds is 7. The van der Waals surface area contributed by atoms with Gasteiger partial charge < -0.3 is 0 Å². The van der Waals surface area contributed by atoms with Gasteiger partial charge in [0.15, 0.2) is 69.8 Å². The number of hydrogen-bond acceptors (Lipinski definition) is 2. The zero-order valence-corrected chi connectivity index (χ0v) is 28.6. The second kappa shape index (κ2) is 16.4. The van der Waals surface area contributed by atoms with E-state index in [4.69, 9.17) is 0 Å². The number of benzene rings is 5. The summed E-state index contributed by atoms with van der Waals surface area (Å²) in [4.78, 5) is 10.1. The normalized spacial score (nSPS) is 11.6. The minimum absolute atomic E-state index is 0.183. The van der Waals surface area contributed by atoms with Crippen LogP contribution < -0.4 is 21.9 Å². The van der Waals surface area contributed by atoms with Crippen molar-refractivity contribution in [3.63, 3.8) is 0 Å². The van der Waals surface area contributed by atoms with E-state index in [9.17, 15) is 62.8 Å². The predicted octanol–water partition coefficient (Wildman–Crippen LogP) is 7.82. The summed E-state index contributed by atoms with van der Waals surface area (Å²) in [5, 5.41) is 10.4. The van der Waals surface area contributed by atoms with Crippen molar-refractivity contribution in [1.82, 2.24) is 0 Å². The molecule has 0 saturated carbocycles. The molecule has 0 aliphatic rings. The summed E-state index contributed by atoms with van der Waals surface area (Å²) in [5.41, 5.74) is -13.1. The molecule has 0 aliphatic heterocycles. The van der Waals surface area contributed by atoms with Crippen molar-refractivity contribution in [3.05, 3.63) is 156 Å². The lowest BCUT2D eigenvalue weighted by molar-refractivity contribution is -0.384. The Hall–Kier alpha value is -5.49. The van der Waals surface area contributed by atoms with Crippen LogP contribution in [-0.2, 0) is 16.6 Å². The van der Waals surface area contributed by atoms with Gasteiger partial charge in [0.25, 0.3) is 5.69 Å². The highest BCUT2D eigenvalue weighted by atomic mass is 32.2. The van der Waals surface area contributed by atoms with Crippen molar-refractivity contribution in [2.24, 2.45) is 0 Å². The van der Waals surface area contributed by atoms with Gasteiger partial charge in [0.05, 0.1) is 17.4 Å². The summed E-state index contributed by atoms with van der Waals surface area (Å²) in [6, 6.07) is 6.83. The maximum absolute atomic E-state index is 15.4. The molecule has 5 aromatic carbocycles. The largest absolute Gasteiger partial charge is 0.269 e. The first kappa shape index (κ1) is 45.2. The second-order valence-corrected chi connectivity index (χ2v) is 14.1. The first-order chi connectivity index (χ1) is 26.8. The minimum atomic E-state index is -7.22. The zero-order valence-electron chi connectivity index (χ0n) is 27.8. The van der Waals surface area contributed by atoms with E-state index in [2.05, 4.69) is 12.5 Å². The molecule has 58 heavy (non-hydrogen) atoms. The van der Waals surface area contributed by atoms with Crippen molar-refractivity contribution in [1.29, 1.82) is 0 Å². The number of hydrogen-bond donors (Lipinski definition) is 0. The molecule has 0 N–H and O–H groups in total. The Balaban J connectivity index is 0.000000486. The number of nitrogens with zero attached hydrogens (tertiary/aromatic N) is 1. The van der Waals surface area contributed by atoms with Crippen LogP contribution in [0.5, 0.6) is 0 Å². The summed E-state index contributed by atoms with van der Waals surface area (Å²) in [6.07, 6.45) is -2.97. The van der Waals surface area contributed by atoms with Crippen LogP contribution in [0.25, 0.3) is 0 Å². The first-order valence-electron chi connectivity index (χ1n) is 14.8. The van der Waals surface area contributed by atoms with E-state index in [0.29, 0.717) is 0 Å². The van der Waals surface area contributed by atoms with Crippen molar-refractivity contribution >= 4 is 44.6 Å². The molecule has 5 rings (SSSR count). The fraction of sp³-hybridized carbons (Fsp3) is 0.0909. The molecule has 0 atom stereocenters. The fourth-order valence-electron chi connectivity index (χ4n) is 5.97. The third kappa shape index (κ3) is 7.05. The fourth-order valence-corrected chi connectivity index (χ4v) is 6.81. The highest BCUT2D eigenvalue weighted by Crippen LogP contribution is 2.30. The lowest BCUT2D eigenvalue weighted by Gasteiger charge is -2.44. The number of nitro groups is 1. The summed E-state index contributed by atoms with van der Waals surface area (Å²) >= 11 is 0. The van der Waals surface area contributed by atoms with Gasteiger partial charge in [0.1, 0.15) is 58.4 Å². The van der Waals surface area contributed by atoms with Crippen molar-refractivity contribution in [3.8, 4) is 0 Å². The van der Waals surface area contributed by atoms with Crippen molar-refractivity contribution < 1.29 is 92.7 Å². The molecule has 0 fully saturated rings. The van der Waals surface area contributed by atoms with Crippen LogP contribution in [0.1, 0.15) is 5.56 Å². The average molecular weight is 877 g/mol. The lowest BCUT2D eigenvalue weighted by Crippen LogP contribution is -2.81. The van der Waals surface area contributed by atoms with Crippen LogP contribution in [0.2, 0.25) is 0 Å². The molecular weight excluding hydrogens is 865 g/mol. The molecule has 310 valence electrons. The van der Waals surface area contributed by atoms with Gasteiger partial charge in [-0.15, -0.1) is 21.9 Å². The Labute approximate surface area is 311 Å². The number of non-ortho nitro benzene ring substituents is 1. The molecule has 0 spiro atoms. The third-order valence-electron chi connectivity index (χ3n) is 8.28. The van der Waals surface area contributed by atoms with E-state index in [1.54, 1.807) is 12.1 Å². The van der Waals surface area contributed by atoms with Crippen molar-refractivity contribution in [2.75, 3.05) is 12.5 Å². The lowest BCUT2D eigenvalue weighted by atomic mass is 9.12. The highest BCUT2D eigenvalue weighted by molar-refractivity contribution is 7.94. The van der Waals surface area contributed by atoms with Crippen LogP contribution in [0.15, 0.2) is 24.3 Å². The molecule has 0 saturated heterocycles. The Kier molecular flexibility index (Phi) is 12.8. The maximum atomic E-state index is 15.4. The first-order valence-corrected chi connectivity index (χ1v) is 17.0. The summed E-state index contributed by atoms with van der Waals surface area (Å²) < 4.78 is 294. The van der Waals surface area contributed by atoms with Crippen LogP contribution >= 0.6 is 0 Å². The third-order valence-corrected chi connectivity index (χ3v) is 9.19. The summed E-state index contributed by atoms with van der Waals surface area (Å²) in [5.74, 6) is -70.5. The smallest absolute Gasteiger partial charge is 0.258 e. The predicted molar refractivity (Wildman–Crippen MR) is 165 cm³/mol. The molecule has 0 aliphatic carbocycles. The van der Waals surface area contributed by atoms with Crippen molar-refractivity contribution in [2.45, 2.75) is 5.75 Å². The summed E-state index contributed by atoms with van der Waals surface area (Å²) in [6.45, 7) is 0. The van der Waals surface area contributed by atoms with Gasteiger partial charge >= 0.3 is 0 Å². The molecule has 3 nitrogen and oxygen atoms in total. The number of nitro benzene ring substituents is 1. The van der Waals surface area contributed by atoms with Crippen LogP contribution in [0, 0.1) is 126 Å². The molecule has 0 aromatic heterocycles. The van der Waals surface area contributed by atoms with Gasteiger partial charge in [0.2, 0.25) is 0 Å². The molecule has 25 heteroatoms.